The minimum absolute atomic E-state index is 0.300. The zero-order chi connectivity index (χ0) is 18.1. The first-order valence-corrected chi connectivity index (χ1v) is 7.60. The SMILES string of the molecule is NNC=Nc1cccc(C(O)CNc2cccc(C=CC(=O)O)c2)c1. The van der Waals surface area contributed by atoms with Crippen LogP contribution in [0.3, 0.4) is 0 Å². The van der Waals surface area contributed by atoms with Crippen molar-refractivity contribution in [3.05, 3.63) is 65.7 Å². The van der Waals surface area contributed by atoms with E-state index in [1.165, 1.54) is 12.4 Å². The van der Waals surface area contributed by atoms with E-state index >= 15 is 0 Å². The van der Waals surface area contributed by atoms with Crippen LogP contribution in [-0.2, 0) is 4.79 Å². The number of carboxylic acids is 1. The van der Waals surface area contributed by atoms with Gasteiger partial charge in [0.15, 0.2) is 0 Å². The molecule has 130 valence electrons. The Balaban J connectivity index is 2.00. The quantitative estimate of drug-likeness (QED) is 0.165. The van der Waals surface area contributed by atoms with Crippen molar-refractivity contribution in [3.63, 3.8) is 0 Å². The van der Waals surface area contributed by atoms with Gasteiger partial charge in [0.25, 0.3) is 0 Å². The second kappa shape index (κ2) is 9.21. The standard InChI is InChI=1S/C18H20N4O3/c19-22-12-21-16-6-2-4-14(10-16)17(23)11-20-15-5-1-3-13(9-15)7-8-18(24)25/h1-10,12,17,20,23H,11,19H2,(H,21,22)(H,24,25). The topological polar surface area (TPSA) is 120 Å². The van der Waals surface area contributed by atoms with E-state index in [0.717, 1.165) is 22.9 Å². The highest BCUT2D eigenvalue weighted by Gasteiger charge is 2.08. The van der Waals surface area contributed by atoms with Crippen LogP contribution in [0, 0.1) is 0 Å². The molecule has 0 saturated carbocycles. The normalized spacial score (nSPS) is 12.4. The van der Waals surface area contributed by atoms with Crippen LogP contribution in [0.25, 0.3) is 6.08 Å². The Hall–Kier alpha value is -3.16. The van der Waals surface area contributed by atoms with Crippen molar-refractivity contribution in [3.8, 4) is 0 Å². The molecule has 2 aromatic rings. The van der Waals surface area contributed by atoms with E-state index in [1.807, 2.05) is 18.2 Å². The van der Waals surface area contributed by atoms with Gasteiger partial charge < -0.3 is 21.0 Å². The molecular formula is C18H20N4O3. The van der Waals surface area contributed by atoms with Crippen molar-refractivity contribution >= 4 is 29.8 Å². The largest absolute Gasteiger partial charge is 0.478 e. The Morgan fingerprint density at radius 2 is 2.04 bits per heavy atom. The molecule has 0 aliphatic carbocycles. The van der Waals surface area contributed by atoms with Gasteiger partial charge in [-0.1, -0.05) is 24.3 Å². The fourth-order valence-electron chi connectivity index (χ4n) is 2.18. The molecule has 0 amide bonds. The minimum Gasteiger partial charge on any atom is -0.478 e. The molecule has 0 saturated heterocycles. The third-order valence-corrected chi connectivity index (χ3v) is 3.35. The average Bonchev–Trinajstić information content (AvgIpc) is 2.63. The second-order valence-electron chi connectivity index (χ2n) is 5.21. The number of nitrogens with one attached hydrogen (secondary N) is 2. The number of nitrogens with zero attached hydrogens (tertiary/aromatic N) is 1. The summed E-state index contributed by atoms with van der Waals surface area (Å²) >= 11 is 0. The van der Waals surface area contributed by atoms with Gasteiger partial charge >= 0.3 is 5.97 Å². The molecule has 0 spiro atoms. The van der Waals surface area contributed by atoms with Crippen molar-refractivity contribution in [2.45, 2.75) is 6.10 Å². The van der Waals surface area contributed by atoms with Gasteiger partial charge in [0, 0.05) is 18.3 Å². The van der Waals surface area contributed by atoms with Gasteiger partial charge in [-0.15, -0.1) is 0 Å². The lowest BCUT2D eigenvalue weighted by Crippen LogP contribution is -2.18. The predicted molar refractivity (Wildman–Crippen MR) is 98.5 cm³/mol. The van der Waals surface area contributed by atoms with Crippen molar-refractivity contribution < 1.29 is 15.0 Å². The summed E-state index contributed by atoms with van der Waals surface area (Å²) in [4.78, 5) is 14.7. The number of aliphatic carboxylic acids is 1. The second-order valence-corrected chi connectivity index (χ2v) is 5.21. The van der Waals surface area contributed by atoms with E-state index in [-0.39, 0.29) is 0 Å². The summed E-state index contributed by atoms with van der Waals surface area (Å²) in [7, 11) is 0. The van der Waals surface area contributed by atoms with Gasteiger partial charge in [-0.25, -0.2) is 15.6 Å². The maximum atomic E-state index is 10.6. The van der Waals surface area contributed by atoms with E-state index in [9.17, 15) is 9.90 Å². The highest BCUT2D eigenvalue weighted by molar-refractivity contribution is 5.85. The minimum atomic E-state index is -0.999. The Morgan fingerprint density at radius 1 is 1.24 bits per heavy atom. The van der Waals surface area contributed by atoms with Crippen LogP contribution < -0.4 is 16.6 Å². The zero-order valence-electron chi connectivity index (χ0n) is 13.5. The molecule has 0 radical (unpaired) electrons. The summed E-state index contributed by atoms with van der Waals surface area (Å²) in [5, 5.41) is 22.1. The number of hydrogen-bond acceptors (Lipinski definition) is 5. The van der Waals surface area contributed by atoms with Gasteiger partial charge in [-0.2, -0.15) is 0 Å². The van der Waals surface area contributed by atoms with Gasteiger partial charge in [-0.3, -0.25) is 0 Å². The Kier molecular flexibility index (Phi) is 6.70. The summed E-state index contributed by atoms with van der Waals surface area (Å²) in [5.41, 5.74) is 5.27. The summed E-state index contributed by atoms with van der Waals surface area (Å²) in [6, 6.07) is 14.5. The number of aliphatic hydroxyl groups excluding tert-OH is 1. The molecule has 0 aliphatic heterocycles. The molecule has 6 N–H and O–H groups in total. The molecule has 2 rings (SSSR count). The van der Waals surface area contributed by atoms with Crippen LogP contribution in [0.5, 0.6) is 0 Å². The van der Waals surface area contributed by atoms with Gasteiger partial charge in [0.05, 0.1) is 11.8 Å². The smallest absolute Gasteiger partial charge is 0.328 e. The number of carboxylic acid groups (broad SMARTS) is 1. The van der Waals surface area contributed by atoms with Crippen molar-refractivity contribution in [2.75, 3.05) is 11.9 Å². The number of aliphatic hydroxyl groups is 1. The molecule has 0 fully saturated rings. The van der Waals surface area contributed by atoms with E-state index in [4.69, 9.17) is 10.9 Å². The van der Waals surface area contributed by atoms with Crippen molar-refractivity contribution in [2.24, 2.45) is 10.8 Å². The molecule has 7 heteroatoms. The summed E-state index contributed by atoms with van der Waals surface area (Å²) in [5.74, 6) is 4.14. The van der Waals surface area contributed by atoms with E-state index in [0.29, 0.717) is 12.2 Å². The number of nitrogens with two attached hydrogens (primary N) is 1. The lowest BCUT2D eigenvalue weighted by Gasteiger charge is -2.14. The fourth-order valence-corrected chi connectivity index (χ4v) is 2.18. The lowest BCUT2D eigenvalue weighted by molar-refractivity contribution is -0.131. The molecule has 0 aliphatic rings. The number of carbonyl (C=O) groups is 1. The number of anilines is 1. The molecule has 0 heterocycles. The number of hydrogen-bond donors (Lipinski definition) is 5. The molecule has 2 aromatic carbocycles. The first kappa shape index (κ1) is 18.2. The third kappa shape index (κ3) is 6.09. The number of benzene rings is 2. The van der Waals surface area contributed by atoms with Crippen LogP contribution in [0.4, 0.5) is 11.4 Å². The molecule has 25 heavy (non-hydrogen) atoms. The van der Waals surface area contributed by atoms with E-state index in [1.54, 1.807) is 30.3 Å². The molecular weight excluding hydrogens is 320 g/mol. The van der Waals surface area contributed by atoms with Crippen LogP contribution in [0.15, 0.2) is 59.6 Å². The Labute approximate surface area is 145 Å². The maximum absolute atomic E-state index is 10.6. The maximum Gasteiger partial charge on any atom is 0.328 e. The van der Waals surface area contributed by atoms with Crippen LogP contribution in [0.1, 0.15) is 17.2 Å². The van der Waals surface area contributed by atoms with Crippen molar-refractivity contribution in [1.29, 1.82) is 0 Å². The third-order valence-electron chi connectivity index (χ3n) is 3.35. The highest BCUT2D eigenvalue weighted by Crippen LogP contribution is 2.20. The summed E-state index contributed by atoms with van der Waals surface area (Å²) < 4.78 is 0. The van der Waals surface area contributed by atoms with Crippen LogP contribution in [0.2, 0.25) is 0 Å². The van der Waals surface area contributed by atoms with Gasteiger partial charge in [-0.05, 0) is 41.5 Å². The first-order chi connectivity index (χ1) is 12.1. The number of rotatable bonds is 8. The number of aliphatic imine (C=N–C) groups is 1. The Bertz CT molecular complexity index is 774. The molecule has 0 aromatic heterocycles. The summed E-state index contributed by atoms with van der Waals surface area (Å²) in [6.07, 6.45) is 3.23. The monoisotopic (exact) mass is 340 g/mol. The molecule has 0 bridgehead atoms. The highest BCUT2D eigenvalue weighted by atomic mass is 16.4. The molecule has 7 nitrogen and oxygen atoms in total. The Morgan fingerprint density at radius 3 is 2.80 bits per heavy atom. The van der Waals surface area contributed by atoms with Crippen molar-refractivity contribution in [1.82, 2.24) is 5.43 Å². The van der Waals surface area contributed by atoms with E-state index in [2.05, 4.69) is 15.7 Å². The van der Waals surface area contributed by atoms with Crippen LogP contribution in [-0.4, -0.2) is 29.1 Å². The number of hydrazine groups is 1. The predicted octanol–water partition coefficient (Wildman–Crippen LogP) is 2.05. The average molecular weight is 340 g/mol. The van der Waals surface area contributed by atoms with Gasteiger partial charge in [0.2, 0.25) is 0 Å². The fraction of sp³-hybridized carbons (Fsp3) is 0.111. The van der Waals surface area contributed by atoms with Crippen LogP contribution >= 0.6 is 0 Å². The molecule has 1 atom stereocenters. The first-order valence-electron chi connectivity index (χ1n) is 7.60. The zero-order valence-corrected chi connectivity index (χ0v) is 13.5. The lowest BCUT2D eigenvalue weighted by atomic mass is 10.1. The summed E-state index contributed by atoms with van der Waals surface area (Å²) in [6.45, 7) is 0.300. The van der Waals surface area contributed by atoms with Gasteiger partial charge in [0.1, 0.15) is 6.34 Å². The van der Waals surface area contributed by atoms with E-state index < -0.39 is 12.1 Å². The molecule has 1 unspecified atom stereocenters.